The average Bonchev–Trinajstić information content (AvgIpc) is 3.79. The van der Waals surface area contributed by atoms with Crippen LogP contribution >= 0.6 is 15.9 Å². The van der Waals surface area contributed by atoms with Gasteiger partial charge in [0.05, 0.1) is 5.69 Å². The zero-order chi connectivity index (χ0) is 43.7. The van der Waals surface area contributed by atoms with Crippen molar-refractivity contribution >= 4 is 50.1 Å². The predicted molar refractivity (Wildman–Crippen MR) is 251 cm³/mol. The van der Waals surface area contributed by atoms with Gasteiger partial charge < -0.3 is 9.80 Å². The van der Waals surface area contributed by atoms with E-state index in [-0.39, 0.29) is 21.7 Å². The molecule has 3 unspecified atom stereocenters. The number of fused-ring (bicyclic) bond motifs is 2. The zero-order valence-corrected chi connectivity index (χ0v) is 38.2. The largest absolute Gasteiger partial charge is 0.310 e. The summed E-state index contributed by atoms with van der Waals surface area (Å²) < 4.78 is 27.7. The SMILES string of the molecule is [2H]C([2H])([2H])c1cc(N(c2ccc(C(C)(C)C)cc2)c2ccc(C(C)(C)C)cc2)cc(N(c2ccc(C(C)(C)C)cc2Br)c2ccc(C(C)(C)C)cc2C2CC3CCC2C3)c1. The van der Waals surface area contributed by atoms with Gasteiger partial charge in [-0.25, -0.2) is 0 Å². The van der Waals surface area contributed by atoms with Crippen LogP contribution in [-0.4, -0.2) is 0 Å². The maximum atomic E-state index is 8.92. The Bertz CT molecular complexity index is 2270. The van der Waals surface area contributed by atoms with Crippen LogP contribution in [0.15, 0.2) is 108 Å². The third kappa shape index (κ3) is 8.66. The Balaban J connectivity index is 1.52. The molecule has 0 amide bonds. The van der Waals surface area contributed by atoms with Crippen LogP contribution in [-0.2, 0) is 21.7 Å². The molecule has 2 aliphatic carbocycles. The van der Waals surface area contributed by atoms with Crippen LogP contribution in [0.5, 0.6) is 0 Å². The van der Waals surface area contributed by atoms with Gasteiger partial charge in [-0.15, -0.1) is 0 Å². The Morgan fingerprint density at radius 3 is 1.40 bits per heavy atom. The number of rotatable bonds is 7. The van der Waals surface area contributed by atoms with E-state index in [1.807, 2.05) is 12.1 Å². The van der Waals surface area contributed by atoms with E-state index in [1.165, 1.54) is 53.5 Å². The molecular weight excluding hydrogens is 757 g/mol. The lowest BCUT2D eigenvalue weighted by molar-refractivity contribution is 0.419. The highest BCUT2D eigenvalue weighted by Gasteiger charge is 2.42. The van der Waals surface area contributed by atoms with E-state index in [1.54, 1.807) is 0 Å². The molecule has 2 aliphatic rings. The number of aryl methyl sites for hydroxylation is 1. The molecule has 2 bridgehead atoms. The predicted octanol–water partition coefficient (Wildman–Crippen LogP) is 16.8. The molecule has 0 saturated heterocycles. The van der Waals surface area contributed by atoms with E-state index in [0.717, 1.165) is 44.5 Å². The maximum absolute atomic E-state index is 8.92. The maximum Gasteiger partial charge on any atom is 0.0604 e. The smallest absolute Gasteiger partial charge is 0.0604 e. The van der Waals surface area contributed by atoms with Crippen LogP contribution in [0.3, 0.4) is 0 Å². The van der Waals surface area contributed by atoms with E-state index in [0.29, 0.717) is 17.4 Å². The third-order valence-corrected chi connectivity index (χ3v) is 13.4. The second-order valence-electron chi connectivity index (χ2n) is 21.2. The molecule has 2 saturated carbocycles. The molecule has 3 heteroatoms. The number of nitrogens with zero attached hydrogens (tertiary/aromatic N) is 2. The van der Waals surface area contributed by atoms with Crippen molar-refractivity contribution in [3.8, 4) is 0 Å². The Morgan fingerprint density at radius 2 is 0.965 bits per heavy atom. The summed E-state index contributed by atoms with van der Waals surface area (Å²) in [5.74, 6) is 1.87. The summed E-state index contributed by atoms with van der Waals surface area (Å²) in [5.41, 5.74) is 12.3. The van der Waals surface area contributed by atoms with Gasteiger partial charge in [0.1, 0.15) is 0 Å². The normalized spacial score (nSPS) is 19.6. The minimum absolute atomic E-state index is 0.0123. The minimum atomic E-state index is -2.36. The van der Waals surface area contributed by atoms with Crippen molar-refractivity contribution in [3.05, 3.63) is 141 Å². The second-order valence-corrected chi connectivity index (χ2v) is 22.1. The zero-order valence-electron chi connectivity index (χ0n) is 39.6. The summed E-state index contributed by atoms with van der Waals surface area (Å²) in [5, 5.41) is 0. The summed E-state index contributed by atoms with van der Waals surface area (Å²) >= 11 is 4.08. The highest BCUT2D eigenvalue weighted by molar-refractivity contribution is 9.10. The Morgan fingerprint density at radius 1 is 0.491 bits per heavy atom. The molecule has 3 atom stereocenters. The Labute approximate surface area is 358 Å². The molecule has 5 aromatic carbocycles. The number of benzene rings is 5. The molecule has 2 fully saturated rings. The second kappa shape index (κ2) is 15.1. The first-order chi connectivity index (χ1) is 27.8. The summed E-state index contributed by atoms with van der Waals surface area (Å²) in [4.78, 5) is 4.58. The van der Waals surface area contributed by atoms with Gasteiger partial charge in [0.15, 0.2) is 0 Å². The molecule has 5 aromatic rings. The van der Waals surface area contributed by atoms with Gasteiger partial charge in [0, 0.05) is 37.0 Å². The molecule has 0 aromatic heterocycles. The number of halogens is 1. The fraction of sp³-hybridized carbons (Fsp3) is 0.444. The number of hydrogen-bond donors (Lipinski definition) is 0. The summed E-state index contributed by atoms with van der Waals surface area (Å²) in [6.07, 6.45) is 5.09. The lowest BCUT2D eigenvalue weighted by Crippen LogP contribution is -2.20. The number of anilines is 6. The Hall–Kier alpha value is -3.82. The summed E-state index contributed by atoms with van der Waals surface area (Å²) in [6.45, 7) is 24.7. The van der Waals surface area contributed by atoms with Gasteiger partial charge in [-0.05, 0) is 176 Å². The van der Waals surface area contributed by atoms with Gasteiger partial charge in [0.25, 0.3) is 0 Å². The lowest BCUT2D eigenvalue weighted by atomic mass is 9.78. The molecule has 0 radical (unpaired) electrons. The third-order valence-electron chi connectivity index (χ3n) is 12.7. The van der Waals surface area contributed by atoms with Crippen molar-refractivity contribution in [1.29, 1.82) is 0 Å². The van der Waals surface area contributed by atoms with Crippen molar-refractivity contribution in [2.24, 2.45) is 11.8 Å². The van der Waals surface area contributed by atoms with Gasteiger partial charge >= 0.3 is 0 Å². The van der Waals surface area contributed by atoms with Crippen LogP contribution in [0.25, 0.3) is 0 Å². The minimum Gasteiger partial charge on any atom is -0.310 e. The first-order valence-corrected chi connectivity index (χ1v) is 22.0. The lowest BCUT2D eigenvalue weighted by Gasteiger charge is -2.35. The van der Waals surface area contributed by atoms with Crippen molar-refractivity contribution in [3.63, 3.8) is 0 Å². The van der Waals surface area contributed by atoms with E-state index in [9.17, 15) is 0 Å². The molecule has 0 N–H and O–H groups in total. The first kappa shape index (κ1) is 37.5. The Kier molecular flexibility index (Phi) is 9.91. The topological polar surface area (TPSA) is 6.48 Å². The molecule has 300 valence electrons. The summed E-state index contributed by atoms with van der Waals surface area (Å²) in [6, 6.07) is 37.3. The van der Waals surface area contributed by atoms with Crippen molar-refractivity contribution in [2.45, 2.75) is 143 Å². The fourth-order valence-electron chi connectivity index (χ4n) is 9.23. The molecule has 57 heavy (non-hydrogen) atoms. The summed E-state index contributed by atoms with van der Waals surface area (Å²) in [7, 11) is 0. The van der Waals surface area contributed by atoms with Crippen molar-refractivity contribution in [2.75, 3.05) is 9.80 Å². The average molecular weight is 827 g/mol. The van der Waals surface area contributed by atoms with Crippen LogP contribution in [0.1, 0.15) is 152 Å². The van der Waals surface area contributed by atoms with Gasteiger partial charge in [-0.3, -0.25) is 0 Å². The van der Waals surface area contributed by atoms with E-state index in [4.69, 9.17) is 4.11 Å². The van der Waals surface area contributed by atoms with Crippen molar-refractivity contribution < 1.29 is 4.11 Å². The first-order valence-electron chi connectivity index (χ1n) is 22.7. The molecule has 2 nitrogen and oxygen atoms in total. The fourth-order valence-corrected chi connectivity index (χ4v) is 9.79. The van der Waals surface area contributed by atoms with E-state index < -0.39 is 6.85 Å². The quantitative estimate of drug-likeness (QED) is 0.161. The molecule has 7 rings (SSSR count). The molecule has 0 aliphatic heterocycles. The number of hydrogen-bond acceptors (Lipinski definition) is 2. The van der Waals surface area contributed by atoms with Crippen LogP contribution in [0, 0.1) is 18.7 Å². The standard InChI is InChI=1S/C54H67BrN2/c1-35-28-44(56(42-22-16-38(17-23-42)51(2,3)4)43-24-18-39(19-25-43)52(5,6)7)34-45(29-35)57(50-27-21-41(33-48(50)55)54(11,12)13)49-26-20-40(53(8,9)10)32-47(49)46-31-36-14-15-37(46)30-36/h16-29,32-34,36-37,46H,14-15,30-31H2,1-13H3/i1D3. The van der Waals surface area contributed by atoms with E-state index in [2.05, 4.69) is 200 Å². The molecular formula is C54H67BrN2. The molecule has 0 heterocycles. The molecule has 0 spiro atoms. The van der Waals surface area contributed by atoms with Crippen LogP contribution in [0.4, 0.5) is 34.1 Å². The monoisotopic (exact) mass is 825 g/mol. The van der Waals surface area contributed by atoms with Gasteiger partial charge in [-0.2, -0.15) is 0 Å². The van der Waals surface area contributed by atoms with E-state index >= 15 is 0 Å². The van der Waals surface area contributed by atoms with Crippen LogP contribution in [0.2, 0.25) is 0 Å². The van der Waals surface area contributed by atoms with Crippen molar-refractivity contribution in [1.82, 2.24) is 0 Å². The highest BCUT2D eigenvalue weighted by atomic mass is 79.9. The van der Waals surface area contributed by atoms with Gasteiger partial charge in [-0.1, -0.05) is 132 Å². The van der Waals surface area contributed by atoms with Crippen LogP contribution < -0.4 is 9.80 Å². The van der Waals surface area contributed by atoms with Gasteiger partial charge in [0.2, 0.25) is 0 Å². The highest BCUT2D eigenvalue weighted by Crippen LogP contribution is 2.56.